The van der Waals surface area contributed by atoms with E-state index in [1.807, 2.05) is 19.9 Å². The molecular weight excluding hydrogens is 460 g/mol. The monoisotopic (exact) mass is 492 g/mol. The number of hydrogen-bond acceptors (Lipinski definition) is 4. The van der Waals surface area contributed by atoms with Crippen molar-refractivity contribution < 1.29 is 17.9 Å². The molecule has 1 aliphatic rings. The number of aryl methyl sites for hydroxylation is 2. The average molecular weight is 493 g/mol. The third-order valence-corrected chi connectivity index (χ3v) is 7.47. The van der Waals surface area contributed by atoms with Crippen LogP contribution in [0.3, 0.4) is 0 Å². The second-order valence-corrected chi connectivity index (χ2v) is 10.9. The number of amides is 1. The Morgan fingerprint density at radius 1 is 1.03 bits per heavy atom. The number of anilines is 1. The van der Waals surface area contributed by atoms with E-state index < -0.39 is 10.0 Å². The van der Waals surface area contributed by atoms with E-state index in [1.54, 1.807) is 42.5 Å². The molecule has 0 aromatic heterocycles. The number of hydrogen-bond donors (Lipinski definition) is 1. The van der Waals surface area contributed by atoms with Gasteiger partial charge in [0, 0.05) is 5.56 Å². The highest BCUT2D eigenvalue weighted by molar-refractivity contribution is 7.92. The van der Waals surface area contributed by atoms with Crippen molar-refractivity contribution in [2.45, 2.75) is 45.7 Å². The Balaban J connectivity index is 1.47. The van der Waals surface area contributed by atoms with Gasteiger partial charge in [-0.3, -0.25) is 9.10 Å². The first kappa shape index (κ1) is 24.8. The molecule has 3 aromatic carbocycles. The predicted octanol–water partition coefficient (Wildman–Crippen LogP) is 5.03. The van der Waals surface area contributed by atoms with Gasteiger partial charge in [0.05, 0.1) is 31.1 Å². The first-order valence-electron chi connectivity index (χ1n) is 12.0. The molecule has 0 aliphatic heterocycles. The number of carbonyl (C=O) groups is 1. The van der Waals surface area contributed by atoms with Crippen LogP contribution in [0.15, 0.2) is 66.7 Å². The van der Waals surface area contributed by atoms with Crippen LogP contribution in [0.5, 0.6) is 5.75 Å². The fourth-order valence-electron chi connectivity index (χ4n) is 4.47. The van der Waals surface area contributed by atoms with Gasteiger partial charge in [-0.1, -0.05) is 42.5 Å². The van der Waals surface area contributed by atoms with Crippen molar-refractivity contribution in [3.63, 3.8) is 0 Å². The highest BCUT2D eigenvalue weighted by Gasteiger charge is 2.22. The molecule has 0 fully saturated rings. The molecule has 184 valence electrons. The fraction of sp³-hybridized carbons (Fsp3) is 0.321. The van der Waals surface area contributed by atoms with Crippen LogP contribution in [0, 0.1) is 0 Å². The third-order valence-electron chi connectivity index (χ3n) is 6.35. The summed E-state index contributed by atoms with van der Waals surface area (Å²) in [5.41, 5.74) is 5.69. The summed E-state index contributed by atoms with van der Waals surface area (Å²) in [4.78, 5) is 12.9. The summed E-state index contributed by atoms with van der Waals surface area (Å²) < 4.78 is 32.2. The van der Waals surface area contributed by atoms with Crippen LogP contribution >= 0.6 is 0 Å². The van der Waals surface area contributed by atoms with Gasteiger partial charge in [-0.2, -0.15) is 0 Å². The van der Waals surface area contributed by atoms with E-state index >= 15 is 0 Å². The number of benzene rings is 3. The van der Waals surface area contributed by atoms with Gasteiger partial charge in [-0.15, -0.1) is 0 Å². The van der Waals surface area contributed by atoms with Crippen molar-refractivity contribution in [1.82, 2.24) is 5.32 Å². The number of nitrogens with zero attached hydrogens (tertiary/aromatic N) is 1. The minimum Gasteiger partial charge on any atom is -0.492 e. The lowest BCUT2D eigenvalue weighted by Gasteiger charge is -2.24. The molecule has 6 nitrogen and oxygen atoms in total. The van der Waals surface area contributed by atoms with Gasteiger partial charge in [0.15, 0.2) is 0 Å². The van der Waals surface area contributed by atoms with Gasteiger partial charge >= 0.3 is 0 Å². The second kappa shape index (κ2) is 10.5. The standard InChI is InChI=1S/C28H32N2O4S/c1-4-34-27-11-6-5-10-26(27)30(35(3,32)33)19-21-12-14-23(15-13-21)28(31)29-20(2)24-17-16-22-8-7-9-25(22)18-24/h5-6,10-18,20H,4,7-9,19H2,1-3H3,(H,29,31)/t20-/m1/s1. The quantitative estimate of drug-likeness (QED) is 0.455. The van der Waals surface area contributed by atoms with E-state index in [-0.39, 0.29) is 18.5 Å². The molecule has 0 saturated carbocycles. The van der Waals surface area contributed by atoms with Crippen molar-refractivity contribution in [2.24, 2.45) is 0 Å². The molecule has 0 saturated heterocycles. The average Bonchev–Trinajstić information content (AvgIpc) is 3.31. The number of nitrogens with one attached hydrogen (secondary N) is 1. The number of ether oxygens (including phenoxy) is 1. The molecule has 0 spiro atoms. The number of carbonyl (C=O) groups excluding carboxylic acids is 1. The van der Waals surface area contributed by atoms with Crippen LogP contribution < -0.4 is 14.4 Å². The molecule has 0 radical (unpaired) electrons. The van der Waals surface area contributed by atoms with Gasteiger partial charge in [0.2, 0.25) is 10.0 Å². The van der Waals surface area contributed by atoms with E-state index in [9.17, 15) is 13.2 Å². The van der Waals surface area contributed by atoms with E-state index in [0.29, 0.717) is 23.6 Å². The molecule has 35 heavy (non-hydrogen) atoms. The van der Waals surface area contributed by atoms with Crippen LogP contribution in [-0.2, 0) is 29.4 Å². The van der Waals surface area contributed by atoms with Crippen molar-refractivity contribution in [3.05, 3.63) is 94.5 Å². The number of para-hydroxylation sites is 2. The summed E-state index contributed by atoms with van der Waals surface area (Å²) in [6.45, 7) is 4.41. The number of rotatable bonds is 9. The van der Waals surface area contributed by atoms with Crippen molar-refractivity contribution >= 4 is 21.6 Å². The van der Waals surface area contributed by atoms with Crippen molar-refractivity contribution in [1.29, 1.82) is 0 Å². The minimum atomic E-state index is -3.56. The molecule has 0 unspecified atom stereocenters. The molecule has 4 rings (SSSR count). The van der Waals surface area contributed by atoms with E-state index in [1.165, 1.54) is 28.1 Å². The zero-order valence-corrected chi connectivity index (χ0v) is 21.3. The topological polar surface area (TPSA) is 75.7 Å². The summed E-state index contributed by atoms with van der Waals surface area (Å²) in [6, 6.07) is 20.5. The second-order valence-electron chi connectivity index (χ2n) is 8.94. The summed E-state index contributed by atoms with van der Waals surface area (Å²) in [7, 11) is -3.56. The van der Waals surface area contributed by atoms with Gasteiger partial charge < -0.3 is 10.1 Å². The Labute approximate surface area is 208 Å². The maximum absolute atomic E-state index is 12.9. The molecule has 1 N–H and O–H groups in total. The lowest BCUT2D eigenvalue weighted by Crippen LogP contribution is -2.30. The maximum atomic E-state index is 12.9. The van der Waals surface area contributed by atoms with Crippen LogP contribution in [0.2, 0.25) is 0 Å². The van der Waals surface area contributed by atoms with Crippen LogP contribution in [0.1, 0.15) is 58.9 Å². The smallest absolute Gasteiger partial charge is 0.251 e. The molecule has 7 heteroatoms. The van der Waals surface area contributed by atoms with Gasteiger partial charge in [0.25, 0.3) is 5.91 Å². The van der Waals surface area contributed by atoms with Gasteiger partial charge in [-0.05, 0) is 79.6 Å². The molecule has 0 heterocycles. The normalized spacial score (nSPS) is 13.7. The Hall–Kier alpha value is -3.32. The first-order chi connectivity index (χ1) is 16.8. The molecule has 1 atom stereocenters. The molecular formula is C28H32N2O4S. The summed E-state index contributed by atoms with van der Waals surface area (Å²) in [5, 5.41) is 3.07. The lowest BCUT2D eigenvalue weighted by molar-refractivity contribution is 0.0940. The third kappa shape index (κ3) is 5.85. The van der Waals surface area contributed by atoms with Gasteiger partial charge in [-0.25, -0.2) is 8.42 Å². The van der Waals surface area contributed by atoms with E-state index in [4.69, 9.17) is 4.74 Å². The maximum Gasteiger partial charge on any atom is 0.251 e. The van der Waals surface area contributed by atoms with E-state index in [2.05, 4.69) is 23.5 Å². The predicted molar refractivity (Wildman–Crippen MR) is 139 cm³/mol. The largest absolute Gasteiger partial charge is 0.492 e. The van der Waals surface area contributed by atoms with Crippen molar-refractivity contribution in [2.75, 3.05) is 17.2 Å². The Kier molecular flexibility index (Phi) is 7.45. The number of fused-ring (bicyclic) bond motifs is 1. The zero-order chi connectivity index (χ0) is 25.0. The minimum absolute atomic E-state index is 0.108. The van der Waals surface area contributed by atoms with Crippen LogP contribution in [0.25, 0.3) is 0 Å². The highest BCUT2D eigenvalue weighted by atomic mass is 32.2. The lowest BCUT2D eigenvalue weighted by atomic mass is 10.0. The zero-order valence-electron chi connectivity index (χ0n) is 20.5. The summed E-state index contributed by atoms with van der Waals surface area (Å²) in [5.74, 6) is 0.350. The van der Waals surface area contributed by atoms with Gasteiger partial charge in [0.1, 0.15) is 5.75 Å². The Bertz CT molecular complexity index is 1300. The van der Waals surface area contributed by atoms with Crippen molar-refractivity contribution in [3.8, 4) is 5.75 Å². The summed E-state index contributed by atoms with van der Waals surface area (Å²) in [6.07, 6.45) is 4.61. The highest BCUT2D eigenvalue weighted by Crippen LogP contribution is 2.31. The first-order valence-corrected chi connectivity index (χ1v) is 13.8. The van der Waals surface area contributed by atoms with E-state index in [0.717, 1.165) is 24.0 Å². The Morgan fingerprint density at radius 2 is 1.74 bits per heavy atom. The Morgan fingerprint density at radius 3 is 2.46 bits per heavy atom. The molecule has 0 bridgehead atoms. The molecule has 3 aromatic rings. The SMILES string of the molecule is CCOc1ccccc1N(Cc1ccc(C(=O)N[C@H](C)c2ccc3c(c2)CCC3)cc1)S(C)(=O)=O. The molecule has 1 amide bonds. The molecule has 1 aliphatic carbocycles. The van der Waals surface area contributed by atoms with Crippen LogP contribution in [-0.4, -0.2) is 27.2 Å². The number of sulfonamides is 1. The summed E-state index contributed by atoms with van der Waals surface area (Å²) >= 11 is 0. The fourth-order valence-corrected chi connectivity index (χ4v) is 5.37. The van der Waals surface area contributed by atoms with Crippen LogP contribution in [0.4, 0.5) is 5.69 Å².